The van der Waals surface area contributed by atoms with Crippen LogP contribution in [0.2, 0.25) is 0 Å². The van der Waals surface area contributed by atoms with E-state index in [4.69, 9.17) is 0 Å². The smallest absolute Gasteiger partial charge is 0.267 e. The van der Waals surface area contributed by atoms with Gasteiger partial charge < -0.3 is 9.88 Å². The molecular formula is C15H19BrN2OS. The van der Waals surface area contributed by atoms with Gasteiger partial charge in [-0.15, -0.1) is 11.3 Å². The average molecular weight is 355 g/mol. The van der Waals surface area contributed by atoms with Crippen molar-refractivity contribution in [2.24, 2.45) is 5.92 Å². The minimum Gasteiger partial charge on any atom is -0.351 e. The summed E-state index contributed by atoms with van der Waals surface area (Å²) in [6.45, 7) is 7.59. The van der Waals surface area contributed by atoms with Gasteiger partial charge in [0.25, 0.3) is 5.91 Å². The van der Waals surface area contributed by atoms with E-state index in [-0.39, 0.29) is 5.91 Å². The zero-order valence-corrected chi connectivity index (χ0v) is 14.3. The van der Waals surface area contributed by atoms with Gasteiger partial charge in [-0.05, 0) is 40.9 Å². The summed E-state index contributed by atoms with van der Waals surface area (Å²) in [4.78, 5) is 12.3. The number of nitrogens with one attached hydrogen (secondary N) is 1. The zero-order chi connectivity index (χ0) is 14.7. The van der Waals surface area contributed by atoms with E-state index in [1.54, 1.807) is 11.3 Å². The summed E-state index contributed by atoms with van der Waals surface area (Å²) in [5.41, 5.74) is 1.84. The molecule has 5 heteroatoms. The number of amides is 1. The lowest BCUT2D eigenvalue weighted by molar-refractivity contribution is 0.0940. The maximum absolute atomic E-state index is 12.3. The van der Waals surface area contributed by atoms with Crippen molar-refractivity contribution in [3.63, 3.8) is 0 Å². The lowest BCUT2D eigenvalue weighted by Gasteiger charge is -2.10. The van der Waals surface area contributed by atoms with Gasteiger partial charge in [-0.2, -0.15) is 0 Å². The third kappa shape index (κ3) is 3.33. The van der Waals surface area contributed by atoms with Gasteiger partial charge in [-0.25, -0.2) is 0 Å². The Morgan fingerprint density at radius 3 is 2.90 bits per heavy atom. The molecule has 0 spiro atoms. The van der Waals surface area contributed by atoms with E-state index in [1.165, 1.54) is 0 Å². The fourth-order valence-corrected chi connectivity index (χ4v) is 3.56. The predicted octanol–water partition coefficient (Wildman–Crippen LogP) is 4.43. The van der Waals surface area contributed by atoms with E-state index in [0.717, 1.165) is 19.7 Å². The van der Waals surface area contributed by atoms with Gasteiger partial charge in [-0.1, -0.05) is 26.0 Å². The van der Waals surface area contributed by atoms with Crippen molar-refractivity contribution in [2.45, 2.75) is 27.3 Å². The van der Waals surface area contributed by atoms with Crippen molar-refractivity contribution in [1.29, 1.82) is 0 Å². The molecule has 2 rings (SSSR count). The predicted molar refractivity (Wildman–Crippen MR) is 89.5 cm³/mol. The molecule has 0 atom stereocenters. The fourth-order valence-electron chi connectivity index (χ4n) is 1.99. The van der Waals surface area contributed by atoms with Gasteiger partial charge in [0.05, 0.1) is 14.0 Å². The second kappa shape index (κ2) is 6.59. The number of carbonyl (C=O) groups excluding carboxylic acids is 1. The summed E-state index contributed by atoms with van der Waals surface area (Å²) in [6, 6.07) is 4.05. The number of allylic oxidation sites excluding steroid dienone is 2. The molecule has 0 radical (unpaired) electrons. The van der Waals surface area contributed by atoms with Crippen molar-refractivity contribution in [3.05, 3.63) is 33.8 Å². The van der Waals surface area contributed by atoms with Crippen LogP contribution >= 0.6 is 27.3 Å². The van der Waals surface area contributed by atoms with E-state index in [2.05, 4.69) is 51.8 Å². The minimum absolute atomic E-state index is 0.00252. The van der Waals surface area contributed by atoms with Crippen molar-refractivity contribution in [1.82, 2.24) is 9.88 Å². The van der Waals surface area contributed by atoms with Crippen LogP contribution < -0.4 is 5.32 Å². The third-order valence-electron chi connectivity index (χ3n) is 2.99. The van der Waals surface area contributed by atoms with Gasteiger partial charge in [0.1, 0.15) is 5.69 Å². The number of hydrogen-bond acceptors (Lipinski definition) is 2. The summed E-state index contributed by atoms with van der Waals surface area (Å²) in [5.74, 6) is 0.455. The number of thiophene rings is 1. The molecule has 0 unspecified atom stereocenters. The Morgan fingerprint density at radius 2 is 2.25 bits per heavy atom. The number of rotatable bonds is 5. The number of nitrogens with zero attached hydrogens (tertiary/aromatic N) is 1. The molecule has 0 aliphatic rings. The second-order valence-electron chi connectivity index (χ2n) is 5.11. The van der Waals surface area contributed by atoms with E-state index in [1.807, 2.05) is 19.1 Å². The van der Waals surface area contributed by atoms with Crippen LogP contribution in [-0.4, -0.2) is 17.0 Å². The van der Waals surface area contributed by atoms with Gasteiger partial charge in [0.15, 0.2) is 0 Å². The number of hydrogen-bond donors (Lipinski definition) is 1. The van der Waals surface area contributed by atoms with Crippen molar-refractivity contribution in [3.8, 4) is 0 Å². The summed E-state index contributed by atoms with van der Waals surface area (Å²) in [7, 11) is 0. The van der Waals surface area contributed by atoms with Crippen molar-refractivity contribution >= 4 is 43.4 Å². The van der Waals surface area contributed by atoms with E-state index in [0.29, 0.717) is 19.0 Å². The highest BCUT2D eigenvalue weighted by Crippen LogP contribution is 2.32. The Bertz CT molecular complexity index is 640. The molecule has 20 heavy (non-hydrogen) atoms. The summed E-state index contributed by atoms with van der Waals surface area (Å²) in [6.07, 6.45) is 4.06. The standard InChI is InChI=1S/C15H19BrN2OS/c1-4-5-6-18-11-8-14(16)20-13(11)7-12(18)15(19)17-9-10(2)3/h4-5,7-8,10H,6,9H2,1-3H3,(H,17,19)/b5-4+. The van der Waals surface area contributed by atoms with Crippen molar-refractivity contribution < 1.29 is 4.79 Å². The van der Waals surface area contributed by atoms with Crippen LogP contribution in [0, 0.1) is 5.92 Å². The Kier molecular flexibility index (Phi) is 5.05. The molecule has 1 amide bonds. The minimum atomic E-state index is 0.00252. The lowest BCUT2D eigenvalue weighted by atomic mass is 10.2. The van der Waals surface area contributed by atoms with Gasteiger partial charge >= 0.3 is 0 Å². The van der Waals surface area contributed by atoms with E-state index in [9.17, 15) is 4.79 Å². The SMILES string of the molecule is C/C=C/Cn1c(C(=O)NCC(C)C)cc2sc(Br)cc21. The highest BCUT2D eigenvalue weighted by atomic mass is 79.9. The molecule has 2 aromatic heterocycles. The maximum Gasteiger partial charge on any atom is 0.267 e. The van der Waals surface area contributed by atoms with Crippen LogP contribution in [0.1, 0.15) is 31.3 Å². The first-order valence-electron chi connectivity index (χ1n) is 6.70. The average Bonchev–Trinajstić information content (AvgIpc) is 2.89. The normalized spacial score (nSPS) is 11.8. The summed E-state index contributed by atoms with van der Waals surface area (Å²) in [5, 5.41) is 2.99. The van der Waals surface area contributed by atoms with Crippen LogP contribution in [0.3, 0.4) is 0 Å². The lowest BCUT2D eigenvalue weighted by Crippen LogP contribution is -2.29. The number of aromatic nitrogens is 1. The molecule has 108 valence electrons. The topological polar surface area (TPSA) is 34.0 Å². The first kappa shape index (κ1) is 15.3. The van der Waals surface area contributed by atoms with Crippen LogP contribution in [0.4, 0.5) is 0 Å². The quantitative estimate of drug-likeness (QED) is 0.791. The molecule has 2 heterocycles. The molecule has 1 N–H and O–H groups in total. The largest absolute Gasteiger partial charge is 0.351 e. The number of halogens is 1. The molecule has 0 aromatic carbocycles. The molecular weight excluding hydrogens is 336 g/mol. The molecule has 2 aromatic rings. The Morgan fingerprint density at radius 1 is 1.50 bits per heavy atom. The van der Waals surface area contributed by atoms with Gasteiger partial charge in [0.2, 0.25) is 0 Å². The van der Waals surface area contributed by atoms with Crippen LogP contribution in [0.25, 0.3) is 10.2 Å². The molecule has 0 aliphatic heterocycles. The molecule has 0 fully saturated rings. The first-order valence-corrected chi connectivity index (χ1v) is 8.31. The second-order valence-corrected chi connectivity index (χ2v) is 7.58. The molecule has 0 saturated heterocycles. The van der Waals surface area contributed by atoms with Gasteiger partial charge in [-0.3, -0.25) is 4.79 Å². The fraction of sp³-hybridized carbons (Fsp3) is 0.400. The van der Waals surface area contributed by atoms with Crippen LogP contribution in [0.5, 0.6) is 0 Å². The highest BCUT2D eigenvalue weighted by Gasteiger charge is 2.16. The maximum atomic E-state index is 12.3. The number of carbonyl (C=O) groups is 1. The molecule has 0 aliphatic carbocycles. The first-order chi connectivity index (χ1) is 9.52. The summed E-state index contributed by atoms with van der Waals surface area (Å²) >= 11 is 5.16. The van der Waals surface area contributed by atoms with E-state index >= 15 is 0 Å². The summed E-state index contributed by atoms with van der Waals surface area (Å²) < 4.78 is 4.29. The molecule has 0 saturated carbocycles. The number of fused-ring (bicyclic) bond motifs is 1. The molecule has 0 bridgehead atoms. The molecule has 3 nitrogen and oxygen atoms in total. The van der Waals surface area contributed by atoms with Gasteiger partial charge in [0, 0.05) is 13.1 Å². The van der Waals surface area contributed by atoms with E-state index < -0.39 is 0 Å². The van der Waals surface area contributed by atoms with Crippen LogP contribution in [0.15, 0.2) is 28.1 Å². The monoisotopic (exact) mass is 354 g/mol. The Hall–Kier alpha value is -1.07. The van der Waals surface area contributed by atoms with Crippen LogP contribution in [-0.2, 0) is 6.54 Å². The highest BCUT2D eigenvalue weighted by molar-refractivity contribution is 9.11. The third-order valence-corrected chi connectivity index (χ3v) is 4.56. The van der Waals surface area contributed by atoms with Crippen molar-refractivity contribution in [2.75, 3.05) is 6.54 Å². The Balaban J connectivity index is 2.35. The zero-order valence-electron chi connectivity index (χ0n) is 11.9. The Labute approximate surface area is 131 Å².